The quantitative estimate of drug-likeness (QED) is 0.565. The van der Waals surface area contributed by atoms with Gasteiger partial charge in [0.05, 0.1) is 22.3 Å². The largest absolute Gasteiger partial charge is 0.478 e. The van der Waals surface area contributed by atoms with Crippen molar-refractivity contribution in [2.75, 3.05) is 0 Å². The minimum absolute atomic E-state index is 0.111. The van der Waals surface area contributed by atoms with Gasteiger partial charge in [0.1, 0.15) is 0 Å². The van der Waals surface area contributed by atoms with Crippen LogP contribution in [0.15, 0.2) is 49.6 Å². The first-order chi connectivity index (χ1) is 12.7. The van der Waals surface area contributed by atoms with Gasteiger partial charge in [-0.15, -0.1) is 13.2 Å². The van der Waals surface area contributed by atoms with Gasteiger partial charge in [-0.1, -0.05) is 12.1 Å². The van der Waals surface area contributed by atoms with E-state index in [0.717, 1.165) is 12.1 Å². The van der Waals surface area contributed by atoms with Crippen molar-refractivity contribution in [3.05, 3.63) is 82.9 Å². The molecule has 27 heavy (non-hydrogen) atoms. The summed E-state index contributed by atoms with van der Waals surface area (Å²) in [5.74, 6) is -5.54. The predicted octanol–water partition coefficient (Wildman–Crippen LogP) is 2.87. The highest BCUT2D eigenvalue weighted by Crippen LogP contribution is 2.19. The lowest BCUT2D eigenvalue weighted by Gasteiger charge is -2.08. The Morgan fingerprint density at radius 1 is 0.593 bits per heavy atom. The molecule has 2 aromatic rings. The van der Waals surface area contributed by atoms with Crippen LogP contribution < -0.4 is 0 Å². The van der Waals surface area contributed by atoms with Gasteiger partial charge in [0.15, 0.2) is 0 Å². The highest BCUT2D eigenvalue weighted by atomic mass is 16.4. The second-order valence-corrected chi connectivity index (χ2v) is 5.16. The molecule has 0 amide bonds. The van der Waals surface area contributed by atoms with E-state index in [1.165, 1.54) is 24.3 Å². The van der Waals surface area contributed by atoms with Crippen LogP contribution in [0.4, 0.5) is 0 Å². The number of aromatic carboxylic acids is 4. The Morgan fingerprint density at radius 2 is 0.889 bits per heavy atom. The zero-order valence-electron chi connectivity index (χ0n) is 14.0. The van der Waals surface area contributed by atoms with Crippen molar-refractivity contribution in [2.45, 2.75) is 6.42 Å². The van der Waals surface area contributed by atoms with Crippen molar-refractivity contribution >= 4 is 23.9 Å². The molecule has 0 saturated heterocycles. The van der Waals surface area contributed by atoms with Gasteiger partial charge in [-0.25, -0.2) is 19.2 Å². The number of benzene rings is 2. The maximum absolute atomic E-state index is 11.2. The third-order valence-corrected chi connectivity index (χ3v) is 3.50. The van der Waals surface area contributed by atoms with Crippen LogP contribution >= 0.6 is 0 Å². The summed E-state index contributed by atoms with van der Waals surface area (Å²) in [6.45, 7) is 6.00. The van der Waals surface area contributed by atoms with Crippen LogP contribution in [0, 0.1) is 0 Å². The standard InChI is InChI=1S/C17H12O8.C2H4/c18-14(19)10-3-1-8(6-12(10)16(22)23)5-9-2-4-11(15(20)21)13(7-9)17(24)25;1-2/h1-4,6-7H,5H2,(H,18,19)(H,20,21)(H,22,23)(H,24,25);1-2H2. The van der Waals surface area contributed by atoms with Crippen LogP contribution in [0.5, 0.6) is 0 Å². The highest BCUT2D eigenvalue weighted by molar-refractivity contribution is 6.02. The van der Waals surface area contributed by atoms with Crippen LogP contribution in [-0.2, 0) is 6.42 Å². The number of carbonyl (C=O) groups is 4. The van der Waals surface area contributed by atoms with E-state index < -0.39 is 23.9 Å². The normalized spacial score (nSPS) is 9.63. The van der Waals surface area contributed by atoms with Crippen LogP contribution in [0.1, 0.15) is 52.6 Å². The maximum Gasteiger partial charge on any atom is 0.336 e. The van der Waals surface area contributed by atoms with Crippen LogP contribution in [0.2, 0.25) is 0 Å². The molecule has 0 bridgehead atoms. The zero-order chi connectivity index (χ0) is 20.7. The van der Waals surface area contributed by atoms with Gasteiger partial charge in [-0.3, -0.25) is 0 Å². The molecule has 0 aliphatic rings. The van der Waals surface area contributed by atoms with Gasteiger partial charge in [-0.2, -0.15) is 0 Å². The van der Waals surface area contributed by atoms with E-state index >= 15 is 0 Å². The van der Waals surface area contributed by atoms with Gasteiger partial charge in [0.2, 0.25) is 0 Å². The number of carboxylic acids is 4. The van der Waals surface area contributed by atoms with Crippen molar-refractivity contribution in [3.63, 3.8) is 0 Å². The van der Waals surface area contributed by atoms with Crippen molar-refractivity contribution < 1.29 is 39.6 Å². The minimum atomic E-state index is -1.40. The minimum Gasteiger partial charge on any atom is -0.478 e. The second kappa shape index (κ2) is 8.95. The molecular formula is C19H16O8. The molecule has 8 nitrogen and oxygen atoms in total. The van der Waals surface area contributed by atoms with Gasteiger partial charge in [-0.05, 0) is 41.8 Å². The average molecular weight is 372 g/mol. The molecule has 2 rings (SSSR count). The van der Waals surface area contributed by atoms with Crippen molar-refractivity contribution in [3.8, 4) is 0 Å². The molecule has 0 spiro atoms. The Bertz CT molecular complexity index is 840. The smallest absolute Gasteiger partial charge is 0.336 e. The molecule has 0 aliphatic heterocycles. The summed E-state index contributed by atoms with van der Waals surface area (Å²) in [5, 5.41) is 36.2. The lowest BCUT2D eigenvalue weighted by molar-refractivity contribution is 0.0651. The summed E-state index contributed by atoms with van der Waals surface area (Å²) in [6.07, 6.45) is 0.111. The first-order valence-corrected chi connectivity index (χ1v) is 7.39. The van der Waals surface area contributed by atoms with Crippen LogP contribution in [0.25, 0.3) is 0 Å². The molecule has 0 aliphatic carbocycles. The number of carboxylic acid groups (broad SMARTS) is 4. The fourth-order valence-electron chi connectivity index (χ4n) is 2.37. The van der Waals surface area contributed by atoms with E-state index in [4.69, 9.17) is 20.4 Å². The monoisotopic (exact) mass is 372 g/mol. The average Bonchev–Trinajstić information content (AvgIpc) is 2.62. The second-order valence-electron chi connectivity index (χ2n) is 5.16. The molecule has 4 N–H and O–H groups in total. The van der Waals surface area contributed by atoms with E-state index in [9.17, 15) is 19.2 Å². The van der Waals surface area contributed by atoms with Crippen molar-refractivity contribution in [1.29, 1.82) is 0 Å². The summed E-state index contributed by atoms with van der Waals surface area (Å²) in [5.41, 5.74) is -0.591. The van der Waals surface area contributed by atoms with Gasteiger partial charge in [0, 0.05) is 0 Å². The Hall–Kier alpha value is -3.94. The Labute approximate surface area is 153 Å². The summed E-state index contributed by atoms with van der Waals surface area (Å²) in [7, 11) is 0. The molecule has 0 fully saturated rings. The molecular weight excluding hydrogens is 356 g/mol. The molecule has 0 saturated carbocycles. The topological polar surface area (TPSA) is 149 Å². The van der Waals surface area contributed by atoms with E-state index in [0.29, 0.717) is 11.1 Å². The first kappa shape index (κ1) is 21.1. The maximum atomic E-state index is 11.2. The molecule has 0 aromatic heterocycles. The molecule has 2 aromatic carbocycles. The molecule has 0 unspecified atom stereocenters. The third-order valence-electron chi connectivity index (χ3n) is 3.50. The van der Waals surface area contributed by atoms with E-state index in [2.05, 4.69) is 13.2 Å². The van der Waals surface area contributed by atoms with E-state index in [1.807, 2.05) is 0 Å². The highest BCUT2D eigenvalue weighted by Gasteiger charge is 2.18. The Kier molecular flexibility index (Phi) is 7.00. The summed E-state index contributed by atoms with van der Waals surface area (Å²) in [4.78, 5) is 44.4. The van der Waals surface area contributed by atoms with E-state index in [-0.39, 0.29) is 28.7 Å². The molecule has 140 valence electrons. The molecule has 0 heterocycles. The lowest BCUT2D eigenvalue weighted by Crippen LogP contribution is -2.10. The lowest BCUT2D eigenvalue weighted by atomic mass is 9.96. The fraction of sp³-hybridized carbons (Fsp3) is 0.0526. The number of rotatable bonds is 6. The van der Waals surface area contributed by atoms with Gasteiger partial charge < -0.3 is 20.4 Å². The molecule has 0 atom stereocenters. The Morgan fingerprint density at radius 3 is 1.15 bits per heavy atom. The van der Waals surface area contributed by atoms with Crippen molar-refractivity contribution in [2.24, 2.45) is 0 Å². The summed E-state index contributed by atoms with van der Waals surface area (Å²) in [6, 6.07) is 7.53. The fourth-order valence-corrected chi connectivity index (χ4v) is 2.37. The van der Waals surface area contributed by atoms with Gasteiger partial charge >= 0.3 is 23.9 Å². The van der Waals surface area contributed by atoms with E-state index in [1.54, 1.807) is 0 Å². The molecule has 8 heteroatoms. The third kappa shape index (κ3) is 5.02. The molecule has 0 radical (unpaired) electrons. The SMILES string of the molecule is C=C.O=C(O)c1ccc(Cc2ccc(C(=O)O)c(C(=O)O)c2)cc1C(=O)O. The van der Waals surface area contributed by atoms with Crippen molar-refractivity contribution in [1.82, 2.24) is 0 Å². The zero-order valence-corrected chi connectivity index (χ0v) is 14.0. The van der Waals surface area contributed by atoms with Crippen LogP contribution in [-0.4, -0.2) is 44.3 Å². The Balaban J connectivity index is 0.00000176. The number of hydrogen-bond donors (Lipinski definition) is 4. The van der Waals surface area contributed by atoms with Crippen LogP contribution in [0.3, 0.4) is 0 Å². The van der Waals surface area contributed by atoms with Gasteiger partial charge in [0.25, 0.3) is 0 Å². The first-order valence-electron chi connectivity index (χ1n) is 7.39. The summed E-state index contributed by atoms with van der Waals surface area (Å²) < 4.78 is 0. The summed E-state index contributed by atoms with van der Waals surface area (Å²) >= 11 is 0. The number of hydrogen-bond acceptors (Lipinski definition) is 4. The predicted molar refractivity (Wildman–Crippen MR) is 94.8 cm³/mol.